The van der Waals surface area contributed by atoms with Crippen molar-refractivity contribution in [3.05, 3.63) is 100 Å². The van der Waals surface area contributed by atoms with Crippen LogP contribution in [0, 0.1) is 6.92 Å². The van der Waals surface area contributed by atoms with E-state index in [4.69, 9.17) is 21.3 Å². The number of carbonyl (C=O) groups is 1. The molecule has 0 unspecified atom stereocenters. The van der Waals surface area contributed by atoms with Crippen LogP contribution in [0.15, 0.2) is 83.5 Å². The number of halogens is 1. The van der Waals surface area contributed by atoms with Crippen molar-refractivity contribution in [2.75, 3.05) is 11.5 Å². The summed E-state index contributed by atoms with van der Waals surface area (Å²) >= 11 is 6.04. The maximum atomic E-state index is 13.3. The molecule has 4 nitrogen and oxygen atoms in total. The van der Waals surface area contributed by atoms with Gasteiger partial charge in [0, 0.05) is 10.6 Å². The molecule has 0 atom stereocenters. The molecule has 0 spiro atoms. The highest BCUT2D eigenvalue weighted by Crippen LogP contribution is 2.29. The average molecular weight is 417 g/mol. The predicted octanol–water partition coefficient (Wildman–Crippen LogP) is 5.88. The van der Waals surface area contributed by atoms with E-state index in [9.17, 15) is 4.79 Å². The Morgan fingerprint density at radius 1 is 0.967 bits per heavy atom. The third-order valence-electron chi connectivity index (χ3n) is 4.75. The van der Waals surface area contributed by atoms with Gasteiger partial charge in [-0.3, -0.25) is 9.69 Å². The average Bonchev–Trinajstić information content (AvgIpc) is 3.07. The minimum absolute atomic E-state index is 0.179. The Kier molecular flexibility index (Phi) is 5.68. The first-order valence-corrected chi connectivity index (χ1v) is 10.1. The third kappa shape index (κ3) is 4.14. The minimum Gasteiger partial charge on any atom is -0.494 e. The molecule has 0 saturated heterocycles. The fourth-order valence-corrected chi connectivity index (χ4v) is 3.35. The second-order valence-electron chi connectivity index (χ2n) is 6.95. The largest absolute Gasteiger partial charge is 0.494 e. The van der Waals surface area contributed by atoms with E-state index >= 15 is 0 Å². The molecular weight excluding hydrogens is 396 g/mol. The number of hydrogen-bond acceptors (Lipinski definition) is 3. The SMILES string of the molecule is CCOc1ccc(/C=C2\N=C(c3ccc(C)cc3)N(c3ccc(Cl)cc3)C2=O)cc1. The number of aliphatic imine (C=N–C) groups is 1. The van der Waals surface area contributed by atoms with Crippen molar-refractivity contribution in [2.24, 2.45) is 4.99 Å². The fraction of sp³-hybridized carbons (Fsp3) is 0.120. The highest BCUT2D eigenvalue weighted by Gasteiger charge is 2.32. The number of amides is 1. The number of anilines is 1. The van der Waals surface area contributed by atoms with Gasteiger partial charge in [-0.15, -0.1) is 0 Å². The summed E-state index contributed by atoms with van der Waals surface area (Å²) in [6.07, 6.45) is 1.79. The van der Waals surface area contributed by atoms with E-state index in [2.05, 4.69) is 0 Å². The minimum atomic E-state index is -0.179. The van der Waals surface area contributed by atoms with Crippen LogP contribution in [0.4, 0.5) is 5.69 Å². The van der Waals surface area contributed by atoms with Crippen LogP contribution in [-0.2, 0) is 4.79 Å². The van der Waals surface area contributed by atoms with Gasteiger partial charge >= 0.3 is 0 Å². The number of benzene rings is 3. The molecule has 0 fully saturated rings. The zero-order valence-electron chi connectivity index (χ0n) is 16.8. The van der Waals surface area contributed by atoms with Gasteiger partial charge in [-0.25, -0.2) is 4.99 Å². The monoisotopic (exact) mass is 416 g/mol. The Bertz CT molecular complexity index is 1120. The van der Waals surface area contributed by atoms with Crippen LogP contribution in [0.25, 0.3) is 6.08 Å². The van der Waals surface area contributed by atoms with E-state index in [1.165, 1.54) is 0 Å². The molecule has 3 aromatic rings. The quantitative estimate of drug-likeness (QED) is 0.487. The van der Waals surface area contributed by atoms with Crippen LogP contribution in [0.3, 0.4) is 0 Å². The molecule has 0 bridgehead atoms. The molecular formula is C25H21ClN2O2. The number of rotatable bonds is 5. The molecule has 5 heteroatoms. The molecule has 0 N–H and O–H groups in total. The normalized spacial score (nSPS) is 14.9. The lowest BCUT2D eigenvalue weighted by Gasteiger charge is -2.18. The lowest BCUT2D eigenvalue weighted by atomic mass is 10.1. The molecule has 0 saturated carbocycles. The molecule has 4 rings (SSSR count). The summed E-state index contributed by atoms with van der Waals surface area (Å²) in [6.45, 7) is 4.58. The first kappa shape index (κ1) is 19.9. The highest BCUT2D eigenvalue weighted by molar-refractivity contribution is 6.33. The van der Waals surface area contributed by atoms with E-state index in [0.717, 1.165) is 28.1 Å². The van der Waals surface area contributed by atoms with Crippen molar-refractivity contribution < 1.29 is 9.53 Å². The zero-order chi connectivity index (χ0) is 21.1. The molecule has 0 aromatic heterocycles. The summed E-state index contributed by atoms with van der Waals surface area (Å²) in [7, 11) is 0. The van der Waals surface area contributed by atoms with Crippen LogP contribution >= 0.6 is 11.6 Å². The second kappa shape index (κ2) is 8.56. The smallest absolute Gasteiger partial charge is 0.282 e. The Morgan fingerprint density at radius 3 is 2.27 bits per heavy atom. The van der Waals surface area contributed by atoms with E-state index in [1.54, 1.807) is 23.1 Å². The third-order valence-corrected chi connectivity index (χ3v) is 5.00. The number of ether oxygens (including phenoxy) is 1. The van der Waals surface area contributed by atoms with E-state index < -0.39 is 0 Å². The molecule has 150 valence electrons. The van der Waals surface area contributed by atoms with Gasteiger partial charge in [0.2, 0.25) is 0 Å². The first-order chi connectivity index (χ1) is 14.5. The fourth-order valence-electron chi connectivity index (χ4n) is 3.23. The van der Waals surface area contributed by atoms with Crippen molar-refractivity contribution in [3.63, 3.8) is 0 Å². The molecule has 30 heavy (non-hydrogen) atoms. The van der Waals surface area contributed by atoms with Crippen LogP contribution < -0.4 is 9.64 Å². The van der Waals surface area contributed by atoms with Gasteiger partial charge in [0.25, 0.3) is 5.91 Å². The number of amidine groups is 1. The number of nitrogens with zero attached hydrogens (tertiary/aromatic N) is 2. The van der Waals surface area contributed by atoms with Crippen LogP contribution in [0.2, 0.25) is 5.02 Å². The maximum Gasteiger partial charge on any atom is 0.282 e. The molecule has 1 amide bonds. The van der Waals surface area contributed by atoms with Crippen LogP contribution in [-0.4, -0.2) is 18.3 Å². The van der Waals surface area contributed by atoms with Crippen molar-refractivity contribution in [3.8, 4) is 5.75 Å². The molecule has 0 aliphatic carbocycles. The topological polar surface area (TPSA) is 41.9 Å². The van der Waals surface area contributed by atoms with Gasteiger partial charge in [0.05, 0.1) is 12.3 Å². The Morgan fingerprint density at radius 2 is 1.63 bits per heavy atom. The first-order valence-electron chi connectivity index (χ1n) is 9.75. The summed E-state index contributed by atoms with van der Waals surface area (Å²) in [5.41, 5.74) is 4.00. The molecule has 0 radical (unpaired) electrons. The van der Waals surface area contributed by atoms with Gasteiger partial charge in [-0.05, 0) is 61.9 Å². The van der Waals surface area contributed by atoms with Crippen LogP contribution in [0.1, 0.15) is 23.6 Å². The summed E-state index contributed by atoms with van der Waals surface area (Å²) < 4.78 is 5.49. The van der Waals surface area contributed by atoms with Gasteiger partial charge in [-0.1, -0.05) is 53.6 Å². The lowest BCUT2D eigenvalue weighted by molar-refractivity contribution is -0.113. The van der Waals surface area contributed by atoms with Gasteiger partial charge < -0.3 is 4.74 Å². The highest BCUT2D eigenvalue weighted by atomic mass is 35.5. The Balaban J connectivity index is 1.75. The number of hydrogen-bond donors (Lipinski definition) is 0. The van der Waals surface area contributed by atoms with Crippen molar-refractivity contribution >= 4 is 35.1 Å². The summed E-state index contributed by atoms with van der Waals surface area (Å²) in [6, 6.07) is 22.8. The van der Waals surface area contributed by atoms with E-state index in [0.29, 0.717) is 23.2 Å². The zero-order valence-corrected chi connectivity index (χ0v) is 17.6. The van der Waals surface area contributed by atoms with Crippen LogP contribution in [0.5, 0.6) is 5.75 Å². The van der Waals surface area contributed by atoms with E-state index in [-0.39, 0.29) is 5.91 Å². The maximum absolute atomic E-state index is 13.3. The van der Waals surface area contributed by atoms with Crippen molar-refractivity contribution in [1.82, 2.24) is 0 Å². The molecule has 1 aliphatic rings. The molecule has 3 aromatic carbocycles. The Hall–Kier alpha value is -3.37. The summed E-state index contributed by atoms with van der Waals surface area (Å²) in [5.74, 6) is 1.21. The van der Waals surface area contributed by atoms with Gasteiger partial charge in [0.1, 0.15) is 17.3 Å². The lowest BCUT2D eigenvalue weighted by Crippen LogP contribution is -2.32. The molecule has 1 heterocycles. The van der Waals surface area contributed by atoms with Gasteiger partial charge in [-0.2, -0.15) is 0 Å². The summed E-state index contributed by atoms with van der Waals surface area (Å²) in [4.78, 5) is 19.6. The van der Waals surface area contributed by atoms with Crippen molar-refractivity contribution in [1.29, 1.82) is 0 Å². The number of aryl methyl sites for hydroxylation is 1. The predicted molar refractivity (Wildman–Crippen MR) is 122 cm³/mol. The molecule has 1 aliphatic heterocycles. The van der Waals surface area contributed by atoms with Crippen molar-refractivity contribution in [2.45, 2.75) is 13.8 Å². The van der Waals surface area contributed by atoms with E-state index in [1.807, 2.05) is 74.5 Å². The Labute approximate surface area is 181 Å². The summed E-state index contributed by atoms with van der Waals surface area (Å²) in [5, 5.41) is 0.615. The van der Waals surface area contributed by atoms with Gasteiger partial charge in [0.15, 0.2) is 0 Å². The number of carbonyl (C=O) groups excluding carboxylic acids is 1. The standard InChI is InChI=1S/C25H21ClN2O2/c1-3-30-22-14-6-18(7-15-22)16-23-25(29)28(21-12-10-20(26)11-13-21)24(27-23)19-8-4-17(2)5-9-19/h4-16H,3H2,1-2H3/b23-16-. The second-order valence-corrected chi connectivity index (χ2v) is 7.39.